The Bertz CT molecular complexity index is 1050. The number of nitrogens with one attached hydrogen (secondary N) is 1. The van der Waals surface area contributed by atoms with Crippen LogP contribution in [0.1, 0.15) is 11.1 Å². The number of anilines is 1. The summed E-state index contributed by atoms with van der Waals surface area (Å²) in [6.07, 6.45) is 5.97. The molecule has 0 atom stereocenters. The van der Waals surface area contributed by atoms with Gasteiger partial charge in [-0.2, -0.15) is 15.0 Å². The molecule has 3 rings (SSSR count). The van der Waals surface area contributed by atoms with Gasteiger partial charge in [0.15, 0.2) is 23.1 Å². The number of carbonyl (C=O) groups is 1. The number of nitriles is 1. The fraction of sp³-hybridized carbons (Fsp3) is 0.100. The molecule has 0 radical (unpaired) electrons. The molecule has 0 bridgehead atoms. The number of benzene rings is 1. The lowest BCUT2D eigenvalue weighted by Gasteiger charge is -2.08. The van der Waals surface area contributed by atoms with E-state index in [1.807, 2.05) is 6.07 Å². The summed E-state index contributed by atoms with van der Waals surface area (Å²) >= 11 is 0. The number of nitrogens with zero attached hydrogens (tertiary/aromatic N) is 4. The molecule has 0 unspecified atom stereocenters. The van der Waals surface area contributed by atoms with E-state index in [-0.39, 0.29) is 11.4 Å². The SMILES string of the molecule is COc1ccc(/C=C/C(=O)Nc2c(C#N)cnn2-c2ccccn2)cc1OC. The van der Waals surface area contributed by atoms with Gasteiger partial charge in [0.25, 0.3) is 0 Å². The van der Waals surface area contributed by atoms with Crippen LogP contribution < -0.4 is 14.8 Å². The van der Waals surface area contributed by atoms with E-state index < -0.39 is 5.91 Å². The molecule has 0 aliphatic carbocycles. The zero-order valence-corrected chi connectivity index (χ0v) is 15.3. The summed E-state index contributed by atoms with van der Waals surface area (Å²) in [5, 5.41) is 16.1. The van der Waals surface area contributed by atoms with Crippen molar-refractivity contribution in [3.63, 3.8) is 0 Å². The fourth-order valence-electron chi connectivity index (χ4n) is 2.49. The van der Waals surface area contributed by atoms with Gasteiger partial charge in [0.2, 0.25) is 5.91 Å². The number of carbonyl (C=O) groups excluding carboxylic acids is 1. The molecule has 2 aromatic heterocycles. The minimum Gasteiger partial charge on any atom is -0.493 e. The van der Waals surface area contributed by atoms with Crippen molar-refractivity contribution in [2.24, 2.45) is 0 Å². The van der Waals surface area contributed by atoms with E-state index in [9.17, 15) is 10.1 Å². The van der Waals surface area contributed by atoms with Crippen LogP contribution in [-0.4, -0.2) is 34.9 Å². The second-order valence-electron chi connectivity index (χ2n) is 5.56. The zero-order chi connectivity index (χ0) is 19.9. The average molecular weight is 375 g/mol. The van der Waals surface area contributed by atoms with Gasteiger partial charge >= 0.3 is 0 Å². The lowest BCUT2D eigenvalue weighted by atomic mass is 10.2. The van der Waals surface area contributed by atoms with E-state index in [1.54, 1.807) is 62.9 Å². The molecule has 1 N–H and O–H groups in total. The summed E-state index contributed by atoms with van der Waals surface area (Å²) in [5.74, 6) is 1.49. The molecule has 28 heavy (non-hydrogen) atoms. The van der Waals surface area contributed by atoms with Gasteiger partial charge < -0.3 is 14.8 Å². The number of pyridine rings is 1. The molecule has 1 aromatic carbocycles. The highest BCUT2D eigenvalue weighted by Gasteiger charge is 2.14. The molecule has 3 aromatic rings. The van der Waals surface area contributed by atoms with Crippen LogP contribution in [0.25, 0.3) is 11.9 Å². The largest absolute Gasteiger partial charge is 0.493 e. The molecule has 0 fully saturated rings. The molecule has 0 aliphatic heterocycles. The number of hydrogen-bond acceptors (Lipinski definition) is 6. The van der Waals surface area contributed by atoms with Gasteiger partial charge in [0.1, 0.15) is 11.6 Å². The van der Waals surface area contributed by atoms with Crippen molar-refractivity contribution in [1.82, 2.24) is 14.8 Å². The second kappa shape index (κ2) is 8.51. The molecule has 0 saturated carbocycles. The van der Waals surface area contributed by atoms with Gasteiger partial charge in [0, 0.05) is 12.3 Å². The van der Waals surface area contributed by atoms with Crippen LogP contribution in [0, 0.1) is 11.3 Å². The van der Waals surface area contributed by atoms with Gasteiger partial charge in [0.05, 0.1) is 20.4 Å². The first kappa shape index (κ1) is 18.7. The van der Waals surface area contributed by atoms with Crippen LogP contribution in [0.5, 0.6) is 11.5 Å². The number of hydrogen-bond donors (Lipinski definition) is 1. The van der Waals surface area contributed by atoms with E-state index in [0.29, 0.717) is 17.3 Å². The summed E-state index contributed by atoms with van der Waals surface area (Å²) in [6, 6.07) is 12.6. The van der Waals surface area contributed by atoms with Gasteiger partial charge in [-0.15, -0.1) is 0 Å². The summed E-state index contributed by atoms with van der Waals surface area (Å²) in [5.41, 5.74) is 0.991. The van der Waals surface area contributed by atoms with Crippen LogP contribution in [-0.2, 0) is 4.79 Å². The van der Waals surface area contributed by atoms with Crippen LogP contribution in [0.15, 0.2) is 54.9 Å². The number of methoxy groups -OCH3 is 2. The van der Waals surface area contributed by atoms with Gasteiger partial charge in [-0.3, -0.25) is 4.79 Å². The van der Waals surface area contributed by atoms with Crippen LogP contribution >= 0.6 is 0 Å². The lowest BCUT2D eigenvalue weighted by molar-refractivity contribution is -0.111. The fourth-order valence-corrected chi connectivity index (χ4v) is 2.49. The Morgan fingerprint density at radius 1 is 1.21 bits per heavy atom. The Kier molecular flexibility index (Phi) is 5.67. The maximum atomic E-state index is 12.4. The molecular weight excluding hydrogens is 358 g/mol. The average Bonchev–Trinajstić information content (AvgIpc) is 3.15. The molecule has 0 saturated heterocycles. The predicted molar refractivity (Wildman–Crippen MR) is 103 cm³/mol. The minimum absolute atomic E-state index is 0.235. The monoisotopic (exact) mass is 375 g/mol. The number of amides is 1. The standard InChI is InChI=1S/C20H17N5O3/c1-27-16-8-6-14(11-17(16)28-2)7-9-19(26)24-20-15(12-21)13-23-25(20)18-5-3-4-10-22-18/h3-11,13H,1-2H3,(H,24,26)/b9-7+. The first-order chi connectivity index (χ1) is 13.7. The van der Waals surface area contributed by atoms with Gasteiger partial charge in [-0.1, -0.05) is 12.1 Å². The van der Waals surface area contributed by atoms with Crippen molar-refractivity contribution in [1.29, 1.82) is 5.26 Å². The van der Waals surface area contributed by atoms with Crippen molar-refractivity contribution in [3.05, 3.63) is 66.0 Å². The van der Waals surface area contributed by atoms with Gasteiger partial charge in [-0.05, 0) is 35.9 Å². The molecular formula is C20H17N5O3. The highest BCUT2D eigenvalue weighted by molar-refractivity contribution is 6.02. The molecule has 0 spiro atoms. The smallest absolute Gasteiger partial charge is 0.249 e. The van der Waals surface area contributed by atoms with Crippen LogP contribution in [0.2, 0.25) is 0 Å². The summed E-state index contributed by atoms with van der Waals surface area (Å²) in [6.45, 7) is 0. The summed E-state index contributed by atoms with van der Waals surface area (Å²) in [4.78, 5) is 16.6. The van der Waals surface area contributed by atoms with Crippen molar-refractivity contribution in [3.8, 4) is 23.4 Å². The van der Waals surface area contributed by atoms with E-state index in [2.05, 4.69) is 15.4 Å². The van der Waals surface area contributed by atoms with Crippen molar-refractivity contribution in [2.45, 2.75) is 0 Å². The number of ether oxygens (including phenoxy) is 2. The second-order valence-corrected chi connectivity index (χ2v) is 5.56. The van der Waals surface area contributed by atoms with E-state index in [1.165, 1.54) is 17.0 Å². The molecule has 140 valence electrons. The third-order valence-electron chi connectivity index (χ3n) is 3.83. The topological polar surface area (TPSA) is 102 Å². The summed E-state index contributed by atoms with van der Waals surface area (Å²) < 4.78 is 11.8. The molecule has 8 heteroatoms. The van der Waals surface area contributed by atoms with Crippen LogP contribution in [0.4, 0.5) is 5.82 Å². The maximum Gasteiger partial charge on any atom is 0.249 e. The highest BCUT2D eigenvalue weighted by Crippen LogP contribution is 2.28. The summed E-state index contributed by atoms with van der Waals surface area (Å²) in [7, 11) is 3.10. The quantitative estimate of drug-likeness (QED) is 0.665. The lowest BCUT2D eigenvalue weighted by Crippen LogP contribution is -2.13. The highest BCUT2D eigenvalue weighted by atomic mass is 16.5. The van der Waals surface area contributed by atoms with Gasteiger partial charge in [-0.25, -0.2) is 4.98 Å². The number of rotatable bonds is 6. The van der Waals surface area contributed by atoms with Crippen molar-refractivity contribution < 1.29 is 14.3 Å². The predicted octanol–water partition coefficient (Wildman–Crippen LogP) is 2.81. The Hall–Kier alpha value is -4.12. The minimum atomic E-state index is -0.413. The van der Waals surface area contributed by atoms with Crippen LogP contribution in [0.3, 0.4) is 0 Å². The van der Waals surface area contributed by atoms with E-state index >= 15 is 0 Å². The third kappa shape index (κ3) is 3.99. The normalized spacial score (nSPS) is 10.5. The Balaban J connectivity index is 1.81. The number of aromatic nitrogens is 3. The molecule has 1 amide bonds. The third-order valence-corrected chi connectivity index (χ3v) is 3.83. The molecule has 8 nitrogen and oxygen atoms in total. The maximum absolute atomic E-state index is 12.4. The first-order valence-electron chi connectivity index (χ1n) is 8.27. The van der Waals surface area contributed by atoms with Crippen molar-refractivity contribution in [2.75, 3.05) is 19.5 Å². The Morgan fingerprint density at radius 2 is 2.04 bits per heavy atom. The van der Waals surface area contributed by atoms with Crippen molar-refractivity contribution >= 4 is 17.8 Å². The zero-order valence-electron chi connectivity index (χ0n) is 15.3. The Labute approximate surface area is 161 Å². The molecule has 2 heterocycles. The van der Waals surface area contributed by atoms with E-state index in [0.717, 1.165) is 5.56 Å². The first-order valence-corrected chi connectivity index (χ1v) is 8.27. The Morgan fingerprint density at radius 3 is 2.71 bits per heavy atom. The van der Waals surface area contributed by atoms with E-state index in [4.69, 9.17) is 9.47 Å². The molecule has 0 aliphatic rings.